The first kappa shape index (κ1) is 19.4. The van der Waals surface area contributed by atoms with Crippen molar-refractivity contribution in [1.82, 2.24) is 10.3 Å². The molecular formula is C22H22N2O4S. The van der Waals surface area contributed by atoms with Gasteiger partial charge in [-0.2, -0.15) is 0 Å². The van der Waals surface area contributed by atoms with Crippen molar-refractivity contribution >= 4 is 17.2 Å². The molecule has 6 nitrogen and oxygen atoms in total. The summed E-state index contributed by atoms with van der Waals surface area (Å²) < 4.78 is 12.1. The van der Waals surface area contributed by atoms with Crippen molar-refractivity contribution in [3.63, 3.8) is 0 Å². The van der Waals surface area contributed by atoms with Gasteiger partial charge in [-0.3, -0.25) is 4.79 Å². The fourth-order valence-electron chi connectivity index (χ4n) is 3.36. The zero-order valence-electron chi connectivity index (χ0n) is 16.1. The number of hydrogen-bond acceptors (Lipinski definition) is 6. The molecule has 1 amide bonds. The predicted octanol–water partition coefficient (Wildman–Crippen LogP) is 4.03. The largest absolute Gasteiger partial charge is 0.485 e. The molecule has 1 aliphatic rings. The summed E-state index contributed by atoms with van der Waals surface area (Å²) in [6.45, 7) is 2.22. The van der Waals surface area contributed by atoms with Crippen LogP contribution in [0.1, 0.15) is 38.9 Å². The Morgan fingerprint density at radius 1 is 1.34 bits per heavy atom. The molecule has 7 heteroatoms. The van der Waals surface area contributed by atoms with Gasteiger partial charge in [-0.25, -0.2) is 4.98 Å². The fourth-order valence-corrected chi connectivity index (χ4v) is 4.06. The normalized spacial score (nSPS) is 15.3. The van der Waals surface area contributed by atoms with Gasteiger partial charge in [-0.05, 0) is 54.7 Å². The first-order valence-corrected chi connectivity index (χ1v) is 10.3. The van der Waals surface area contributed by atoms with Crippen LogP contribution in [0.2, 0.25) is 0 Å². The van der Waals surface area contributed by atoms with Crippen LogP contribution < -0.4 is 14.8 Å². The third-order valence-corrected chi connectivity index (χ3v) is 5.70. The highest BCUT2D eigenvalue weighted by Crippen LogP contribution is 2.38. The summed E-state index contributed by atoms with van der Waals surface area (Å²) in [7, 11) is 0. The Hall–Kier alpha value is -2.90. The van der Waals surface area contributed by atoms with Gasteiger partial charge in [0.15, 0.2) is 0 Å². The number of aliphatic hydroxyl groups is 1. The van der Waals surface area contributed by atoms with E-state index in [-0.39, 0.29) is 25.2 Å². The van der Waals surface area contributed by atoms with Crippen LogP contribution >= 0.6 is 11.3 Å². The number of amides is 1. The number of benzene rings is 2. The van der Waals surface area contributed by atoms with E-state index in [4.69, 9.17) is 14.6 Å². The first-order valence-electron chi connectivity index (χ1n) is 9.52. The van der Waals surface area contributed by atoms with Gasteiger partial charge in [-0.15, -0.1) is 0 Å². The van der Waals surface area contributed by atoms with Gasteiger partial charge in [0.2, 0.25) is 0 Å². The molecule has 1 aromatic heterocycles. The van der Waals surface area contributed by atoms with Crippen molar-refractivity contribution in [3.05, 3.63) is 70.2 Å². The van der Waals surface area contributed by atoms with Crippen LogP contribution in [-0.4, -0.2) is 29.1 Å². The van der Waals surface area contributed by atoms with Crippen LogP contribution in [0.5, 0.6) is 16.7 Å². The molecule has 0 saturated carbocycles. The number of ether oxygens (including phenoxy) is 2. The Morgan fingerprint density at radius 2 is 2.21 bits per heavy atom. The lowest BCUT2D eigenvalue weighted by Gasteiger charge is -2.27. The summed E-state index contributed by atoms with van der Waals surface area (Å²) >= 11 is 1.16. The number of rotatable bonds is 6. The van der Waals surface area contributed by atoms with Gasteiger partial charge < -0.3 is 19.9 Å². The molecule has 29 heavy (non-hydrogen) atoms. The fraction of sp³-hybridized carbons (Fsp3) is 0.273. The van der Waals surface area contributed by atoms with Gasteiger partial charge in [0, 0.05) is 6.54 Å². The van der Waals surface area contributed by atoms with E-state index in [0.29, 0.717) is 15.8 Å². The van der Waals surface area contributed by atoms with Gasteiger partial charge in [-0.1, -0.05) is 35.6 Å². The second-order valence-electron chi connectivity index (χ2n) is 6.84. The minimum Gasteiger partial charge on any atom is -0.485 e. The van der Waals surface area contributed by atoms with Gasteiger partial charge in [0.1, 0.15) is 22.5 Å². The van der Waals surface area contributed by atoms with Crippen LogP contribution in [-0.2, 0) is 6.42 Å². The van der Waals surface area contributed by atoms with E-state index in [0.717, 1.165) is 35.5 Å². The smallest absolute Gasteiger partial charge is 0.279 e. The lowest BCUT2D eigenvalue weighted by atomic mass is 9.95. The summed E-state index contributed by atoms with van der Waals surface area (Å²) in [5.74, 6) is 1.27. The van der Waals surface area contributed by atoms with E-state index in [1.54, 1.807) is 0 Å². The maximum atomic E-state index is 11.9. The molecule has 0 saturated heterocycles. The molecule has 0 spiro atoms. The predicted molar refractivity (Wildman–Crippen MR) is 111 cm³/mol. The average Bonchev–Trinajstić information content (AvgIpc) is 3.20. The highest BCUT2D eigenvalue weighted by atomic mass is 32.1. The minimum absolute atomic E-state index is 0.0643. The van der Waals surface area contributed by atoms with Crippen molar-refractivity contribution in [2.75, 3.05) is 13.2 Å². The molecule has 1 aliphatic heterocycles. The second-order valence-corrected chi connectivity index (χ2v) is 7.84. The van der Waals surface area contributed by atoms with Crippen molar-refractivity contribution in [1.29, 1.82) is 0 Å². The van der Waals surface area contributed by atoms with Gasteiger partial charge in [0.05, 0.1) is 12.8 Å². The number of fused-ring (bicyclic) bond motifs is 1. The highest BCUT2D eigenvalue weighted by Gasteiger charge is 2.23. The van der Waals surface area contributed by atoms with Gasteiger partial charge >= 0.3 is 0 Å². The van der Waals surface area contributed by atoms with E-state index in [1.165, 1.54) is 17.3 Å². The average molecular weight is 410 g/mol. The van der Waals surface area contributed by atoms with Crippen molar-refractivity contribution in [2.24, 2.45) is 0 Å². The molecule has 2 N–H and O–H groups in total. The standard InChI is InChI=1S/C22H22N2O4S/c1-14-4-2-3-5-17(14)19-8-6-15-12-16(7-9-18(15)28-19)27-22-24-13-20(29-22)21(26)23-10-11-25/h2-5,7,9,12-13,19,25H,6,8,10-11H2,1H3,(H,23,26)/t19-/m0/s1. The Morgan fingerprint density at radius 3 is 3.03 bits per heavy atom. The number of aromatic nitrogens is 1. The third-order valence-electron chi connectivity index (χ3n) is 4.82. The monoisotopic (exact) mass is 410 g/mol. The summed E-state index contributed by atoms with van der Waals surface area (Å²) in [6, 6.07) is 14.1. The van der Waals surface area contributed by atoms with Crippen LogP contribution in [0.15, 0.2) is 48.7 Å². The number of carbonyl (C=O) groups is 1. The summed E-state index contributed by atoms with van der Waals surface area (Å²) in [6.07, 6.45) is 3.35. The lowest BCUT2D eigenvalue weighted by Crippen LogP contribution is -2.25. The van der Waals surface area contributed by atoms with Crippen molar-refractivity contribution in [2.45, 2.75) is 25.9 Å². The number of carbonyl (C=O) groups excluding carboxylic acids is 1. The maximum absolute atomic E-state index is 11.9. The molecule has 4 rings (SSSR count). The number of nitrogens with zero attached hydrogens (tertiary/aromatic N) is 1. The maximum Gasteiger partial charge on any atom is 0.279 e. The second kappa shape index (κ2) is 8.63. The molecule has 0 bridgehead atoms. The zero-order valence-corrected chi connectivity index (χ0v) is 16.9. The molecular weight excluding hydrogens is 388 g/mol. The number of aliphatic hydroxyl groups excluding tert-OH is 1. The molecule has 2 aromatic carbocycles. The van der Waals surface area contributed by atoms with Crippen LogP contribution in [0.3, 0.4) is 0 Å². The van der Waals surface area contributed by atoms with Crippen LogP contribution in [0, 0.1) is 6.92 Å². The van der Waals surface area contributed by atoms with E-state index in [9.17, 15) is 4.79 Å². The Labute approximate surface area is 173 Å². The minimum atomic E-state index is -0.271. The first-order chi connectivity index (χ1) is 14.1. The molecule has 1 atom stereocenters. The van der Waals surface area contributed by atoms with Crippen molar-refractivity contribution in [3.8, 4) is 16.7 Å². The molecule has 0 radical (unpaired) electrons. The SMILES string of the molecule is Cc1ccccc1[C@@H]1CCc2cc(Oc3ncc(C(=O)NCCO)s3)ccc2O1. The Balaban J connectivity index is 1.44. The lowest BCUT2D eigenvalue weighted by molar-refractivity contribution is 0.0948. The van der Waals surface area contributed by atoms with E-state index in [2.05, 4.69) is 29.4 Å². The molecule has 2 heterocycles. The quantitative estimate of drug-likeness (QED) is 0.641. The van der Waals surface area contributed by atoms with E-state index in [1.807, 2.05) is 30.3 Å². The molecule has 3 aromatic rings. The van der Waals surface area contributed by atoms with Crippen molar-refractivity contribution < 1.29 is 19.4 Å². The third kappa shape index (κ3) is 4.41. The zero-order chi connectivity index (χ0) is 20.2. The summed E-state index contributed by atoms with van der Waals surface area (Å²) in [5.41, 5.74) is 3.57. The van der Waals surface area contributed by atoms with E-state index >= 15 is 0 Å². The number of aryl methyl sites for hydroxylation is 2. The number of hydrogen-bond donors (Lipinski definition) is 2. The molecule has 0 unspecified atom stereocenters. The molecule has 0 aliphatic carbocycles. The topological polar surface area (TPSA) is 80.7 Å². The Bertz CT molecular complexity index is 1020. The number of thiazole rings is 1. The highest BCUT2D eigenvalue weighted by molar-refractivity contribution is 7.15. The van der Waals surface area contributed by atoms with Crippen LogP contribution in [0.4, 0.5) is 0 Å². The molecule has 0 fully saturated rings. The Kier molecular flexibility index (Phi) is 5.78. The number of nitrogens with one attached hydrogen (secondary N) is 1. The molecule has 150 valence electrons. The summed E-state index contributed by atoms with van der Waals surface area (Å²) in [4.78, 5) is 16.5. The van der Waals surface area contributed by atoms with E-state index < -0.39 is 0 Å². The summed E-state index contributed by atoms with van der Waals surface area (Å²) in [5, 5.41) is 11.8. The van der Waals surface area contributed by atoms with Crippen LogP contribution in [0.25, 0.3) is 0 Å². The van der Waals surface area contributed by atoms with Gasteiger partial charge in [0.25, 0.3) is 11.1 Å².